The number of ether oxygens (including phenoxy) is 1. The molecule has 9 heteroatoms. The molecule has 0 N–H and O–H groups in total. The first kappa shape index (κ1) is 21.1. The summed E-state index contributed by atoms with van der Waals surface area (Å²) in [5, 5.41) is 5.94. The lowest BCUT2D eigenvalue weighted by Crippen LogP contribution is -2.23. The van der Waals surface area contributed by atoms with Gasteiger partial charge in [0.15, 0.2) is 11.6 Å². The van der Waals surface area contributed by atoms with Crippen molar-refractivity contribution in [3.05, 3.63) is 30.2 Å². The van der Waals surface area contributed by atoms with E-state index in [9.17, 15) is 0 Å². The molecule has 1 fully saturated rings. The Morgan fingerprint density at radius 2 is 2.09 bits per heavy atom. The highest BCUT2D eigenvalue weighted by molar-refractivity contribution is 7.22. The van der Waals surface area contributed by atoms with Crippen molar-refractivity contribution < 1.29 is 4.74 Å². The van der Waals surface area contributed by atoms with Gasteiger partial charge in [0.2, 0.25) is 0 Å². The fourth-order valence-corrected chi connectivity index (χ4v) is 5.56. The van der Waals surface area contributed by atoms with Crippen molar-refractivity contribution in [1.29, 1.82) is 0 Å². The number of imidazole rings is 1. The smallest absolute Gasteiger partial charge is 0.199 e. The maximum atomic E-state index is 5.42. The standard InChI is InChI=1S/C23H29N7OS/c1-14(2)30-10-7-17(27-30)19-15(3)18-21(29-9-6-16(12-29)13-31-5)25-20(26-23(18)32-19)22-24-8-11-28(22)4/h7-8,10-11,14,16H,6,9,12-13H2,1-5H3/t16-/m1/s1. The molecule has 4 aromatic rings. The van der Waals surface area contributed by atoms with Crippen LogP contribution in [0.3, 0.4) is 0 Å². The number of hydrogen-bond acceptors (Lipinski definition) is 7. The molecular weight excluding hydrogens is 422 g/mol. The summed E-state index contributed by atoms with van der Waals surface area (Å²) in [6.07, 6.45) is 6.87. The Labute approximate surface area is 191 Å². The lowest BCUT2D eigenvalue weighted by molar-refractivity contribution is 0.161. The third-order valence-corrected chi connectivity index (χ3v) is 7.36. The van der Waals surface area contributed by atoms with Gasteiger partial charge in [-0.05, 0) is 38.8 Å². The van der Waals surface area contributed by atoms with Crippen molar-refractivity contribution in [2.45, 2.75) is 33.2 Å². The average molecular weight is 452 g/mol. The number of hydrogen-bond donors (Lipinski definition) is 0. The van der Waals surface area contributed by atoms with Crippen molar-refractivity contribution >= 4 is 27.4 Å². The van der Waals surface area contributed by atoms with Gasteiger partial charge >= 0.3 is 0 Å². The van der Waals surface area contributed by atoms with Crippen LogP contribution in [0.4, 0.5) is 5.82 Å². The number of rotatable bonds is 6. The average Bonchev–Trinajstić information content (AvgIpc) is 3.54. The number of aromatic nitrogens is 6. The first-order valence-electron chi connectivity index (χ1n) is 11.0. The van der Waals surface area contributed by atoms with E-state index in [4.69, 9.17) is 19.8 Å². The minimum atomic E-state index is 0.325. The number of nitrogens with zero attached hydrogens (tertiary/aromatic N) is 7. The van der Waals surface area contributed by atoms with E-state index in [2.05, 4.69) is 36.7 Å². The second-order valence-electron chi connectivity index (χ2n) is 8.80. The van der Waals surface area contributed by atoms with Gasteiger partial charge in [0.05, 0.1) is 16.9 Å². The Kier molecular flexibility index (Phi) is 5.46. The molecule has 0 aliphatic carbocycles. The molecule has 0 aromatic carbocycles. The quantitative estimate of drug-likeness (QED) is 0.435. The lowest BCUT2D eigenvalue weighted by Gasteiger charge is -2.19. The number of fused-ring (bicyclic) bond motifs is 1. The molecule has 168 valence electrons. The van der Waals surface area contributed by atoms with Crippen molar-refractivity contribution in [2.24, 2.45) is 13.0 Å². The van der Waals surface area contributed by atoms with Gasteiger partial charge in [0.1, 0.15) is 16.3 Å². The Bertz CT molecular complexity index is 1250. The first-order valence-corrected chi connectivity index (χ1v) is 11.9. The lowest BCUT2D eigenvalue weighted by atomic mass is 10.1. The van der Waals surface area contributed by atoms with Crippen LogP contribution in [0.15, 0.2) is 24.7 Å². The second-order valence-corrected chi connectivity index (χ2v) is 9.80. The van der Waals surface area contributed by atoms with Crippen molar-refractivity contribution in [3.63, 3.8) is 0 Å². The van der Waals surface area contributed by atoms with Crippen LogP contribution in [-0.4, -0.2) is 56.1 Å². The summed E-state index contributed by atoms with van der Waals surface area (Å²) >= 11 is 1.69. The van der Waals surface area contributed by atoms with Crippen molar-refractivity contribution in [1.82, 2.24) is 29.3 Å². The highest BCUT2D eigenvalue weighted by Gasteiger charge is 2.28. The fraction of sp³-hybridized carbons (Fsp3) is 0.478. The van der Waals surface area contributed by atoms with Gasteiger partial charge < -0.3 is 14.2 Å². The first-order chi connectivity index (χ1) is 15.5. The van der Waals surface area contributed by atoms with Gasteiger partial charge in [-0.15, -0.1) is 11.3 Å². The van der Waals surface area contributed by atoms with E-state index >= 15 is 0 Å². The fourth-order valence-electron chi connectivity index (χ4n) is 4.42. The van der Waals surface area contributed by atoms with Crippen LogP contribution in [0.25, 0.3) is 32.4 Å². The van der Waals surface area contributed by atoms with Crippen LogP contribution in [-0.2, 0) is 11.8 Å². The van der Waals surface area contributed by atoms with E-state index in [-0.39, 0.29) is 0 Å². The number of aryl methyl sites for hydroxylation is 2. The van der Waals surface area contributed by atoms with Crippen LogP contribution >= 0.6 is 11.3 Å². The molecule has 1 atom stereocenters. The molecular formula is C23H29N7OS. The van der Waals surface area contributed by atoms with Gasteiger partial charge in [-0.25, -0.2) is 15.0 Å². The van der Waals surface area contributed by atoms with Gasteiger partial charge in [-0.2, -0.15) is 5.10 Å². The number of thiophene rings is 1. The molecule has 4 aromatic heterocycles. The molecule has 0 spiro atoms. The zero-order chi connectivity index (χ0) is 22.4. The van der Waals surface area contributed by atoms with Crippen LogP contribution < -0.4 is 4.90 Å². The van der Waals surface area contributed by atoms with Crippen LogP contribution in [0.1, 0.15) is 31.9 Å². The Morgan fingerprint density at radius 1 is 1.25 bits per heavy atom. The summed E-state index contributed by atoms with van der Waals surface area (Å²) in [5.41, 5.74) is 2.18. The summed E-state index contributed by atoms with van der Waals surface area (Å²) in [7, 11) is 3.75. The van der Waals surface area contributed by atoms with E-state index in [1.54, 1.807) is 24.6 Å². The molecule has 32 heavy (non-hydrogen) atoms. The monoisotopic (exact) mass is 451 g/mol. The number of anilines is 1. The Hall–Kier alpha value is -2.78. The van der Waals surface area contributed by atoms with E-state index < -0.39 is 0 Å². The third-order valence-electron chi connectivity index (χ3n) is 6.15. The van der Waals surface area contributed by atoms with Crippen molar-refractivity contribution in [3.8, 4) is 22.2 Å². The van der Waals surface area contributed by atoms with E-state index in [1.807, 2.05) is 28.7 Å². The molecule has 1 aliphatic heterocycles. The summed E-state index contributed by atoms with van der Waals surface area (Å²) in [4.78, 5) is 19.0. The van der Waals surface area contributed by atoms with Gasteiger partial charge in [-0.3, -0.25) is 4.68 Å². The molecule has 8 nitrogen and oxygen atoms in total. The molecule has 1 saturated heterocycles. The van der Waals surface area contributed by atoms with E-state index in [1.165, 1.54) is 5.56 Å². The third kappa shape index (κ3) is 3.59. The Balaban J connectivity index is 1.67. The largest absolute Gasteiger partial charge is 0.384 e. The van der Waals surface area contributed by atoms with Gasteiger partial charge in [0, 0.05) is 57.8 Å². The van der Waals surface area contributed by atoms with Gasteiger partial charge in [-0.1, -0.05) is 0 Å². The van der Waals surface area contributed by atoms with Gasteiger partial charge in [0.25, 0.3) is 0 Å². The number of methoxy groups -OCH3 is 1. The molecule has 5 heterocycles. The molecule has 5 rings (SSSR count). The maximum Gasteiger partial charge on any atom is 0.199 e. The SMILES string of the molecule is COC[C@@H]1CCN(c2nc(-c3nccn3C)nc3sc(-c4ccn(C(C)C)n4)c(C)c23)C1. The topological polar surface area (TPSA) is 73.9 Å². The van der Waals surface area contributed by atoms with E-state index in [0.29, 0.717) is 17.8 Å². The molecule has 0 bridgehead atoms. The van der Waals surface area contributed by atoms with Crippen LogP contribution in [0.5, 0.6) is 0 Å². The summed E-state index contributed by atoms with van der Waals surface area (Å²) in [5.74, 6) is 2.95. The molecule has 0 saturated carbocycles. The predicted molar refractivity (Wildman–Crippen MR) is 128 cm³/mol. The zero-order valence-electron chi connectivity index (χ0n) is 19.2. The summed E-state index contributed by atoms with van der Waals surface area (Å²) in [6, 6.07) is 2.42. The maximum absolute atomic E-state index is 5.42. The molecule has 0 radical (unpaired) electrons. The Morgan fingerprint density at radius 3 is 2.78 bits per heavy atom. The molecule has 0 amide bonds. The van der Waals surface area contributed by atoms with Crippen LogP contribution in [0.2, 0.25) is 0 Å². The van der Waals surface area contributed by atoms with Crippen molar-refractivity contribution in [2.75, 3.05) is 31.7 Å². The minimum absolute atomic E-state index is 0.325. The normalized spacial score (nSPS) is 16.7. The molecule has 0 unspecified atom stereocenters. The summed E-state index contributed by atoms with van der Waals surface area (Å²) < 4.78 is 9.39. The minimum Gasteiger partial charge on any atom is -0.384 e. The highest BCUT2D eigenvalue weighted by atomic mass is 32.1. The van der Waals surface area contributed by atoms with E-state index in [0.717, 1.165) is 58.5 Å². The highest BCUT2D eigenvalue weighted by Crippen LogP contribution is 2.42. The molecule has 1 aliphatic rings. The predicted octanol–water partition coefficient (Wildman–Crippen LogP) is 4.32. The van der Waals surface area contributed by atoms with Crippen LogP contribution in [0, 0.1) is 12.8 Å². The zero-order valence-corrected chi connectivity index (χ0v) is 20.1. The summed E-state index contributed by atoms with van der Waals surface area (Å²) in [6.45, 7) is 9.12. The second kappa shape index (κ2) is 8.29.